The fourth-order valence-electron chi connectivity index (χ4n) is 1.38. The molecule has 0 amide bonds. The van der Waals surface area contributed by atoms with Gasteiger partial charge >= 0.3 is 0 Å². The molecule has 1 aliphatic carbocycles. The second kappa shape index (κ2) is 4.39. The molecule has 1 aliphatic rings. The van der Waals surface area contributed by atoms with Crippen molar-refractivity contribution in [1.82, 2.24) is 0 Å². The summed E-state index contributed by atoms with van der Waals surface area (Å²) in [5, 5.41) is 0. The van der Waals surface area contributed by atoms with E-state index in [2.05, 4.69) is 0 Å². The molecule has 0 aromatic rings. The first-order chi connectivity index (χ1) is 6.02. The fourth-order valence-corrected chi connectivity index (χ4v) is 2.03. The molecule has 0 bridgehead atoms. The van der Waals surface area contributed by atoms with Crippen molar-refractivity contribution in [3.8, 4) is 0 Å². The van der Waals surface area contributed by atoms with Crippen LogP contribution in [0.5, 0.6) is 0 Å². The van der Waals surface area contributed by atoms with Crippen LogP contribution in [0.4, 0.5) is 0 Å². The SMILES string of the molecule is [B]P(C)OC1C=CC(=O)C(C)C1C. The standard InChI is InChI=1S/C9H14BO2P/c1-6-7(2)9(12-13(3)10)5-4-8(6)11/h4-7,9H,1-3H3. The fraction of sp³-hybridized carbons (Fsp3) is 0.667. The highest BCUT2D eigenvalue weighted by atomic mass is 31.1. The van der Waals surface area contributed by atoms with Gasteiger partial charge in [0.05, 0.1) is 6.10 Å². The molecule has 1 rings (SSSR count). The molecule has 0 spiro atoms. The van der Waals surface area contributed by atoms with Gasteiger partial charge in [-0.1, -0.05) is 19.9 Å². The summed E-state index contributed by atoms with van der Waals surface area (Å²) in [6.07, 6.45) is 3.43. The zero-order valence-corrected chi connectivity index (χ0v) is 9.12. The van der Waals surface area contributed by atoms with Gasteiger partial charge in [0.1, 0.15) is 7.57 Å². The highest BCUT2D eigenvalue weighted by Gasteiger charge is 2.29. The Morgan fingerprint density at radius 1 is 1.54 bits per heavy atom. The number of hydrogen-bond donors (Lipinski definition) is 0. The quantitative estimate of drug-likeness (QED) is 0.497. The van der Waals surface area contributed by atoms with E-state index < -0.39 is 8.03 Å². The summed E-state index contributed by atoms with van der Waals surface area (Å²) in [7, 11) is 4.74. The van der Waals surface area contributed by atoms with Crippen molar-refractivity contribution in [2.24, 2.45) is 11.8 Å². The predicted octanol–water partition coefficient (Wildman–Crippen LogP) is 1.89. The van der Waals surface area contributed by atoms with Crippen molar-refractivity contribution in [2.75, 3.05) is 6.66 Å². The van der Waals surface area contributed by atoms with Crippen LogP contribution in [0.15, 0.2) is 12.2 Å². The first-order valence-corrected chi connectivity index (χ1v) is 6.17. The maximum atomic E-state index is 11.3. The van der Waals surface area contributed by atoms with Crippen LogP contribution >= 0.6 is 8.03 Å². The van der Waals surface area contributed by atoms with Crippen molar-refractivity contribution in [2.45, 2.75) is 20.0 Å². The molecule has 4 atom stereocenters. The molecule has 13 heavy (non-hydrogen) atoms. The van der Waals surface area contributed by atoms with Crippen LogP contribution in [0.1, 0.15) is 13.8 Å². The Labute approximate surface area is 81.9 Å². The van der Waals surface area contributed by atoms with E-state index in [1.54, 1.807) is 6.08 Å². The molecule has 0 fully saturated rings. The average molecular weight is 196 g/mol. The van der Waals surface area contributed by atoms with E-state index in [4.69, 9.17) is 12.1 Å². The van der Waals surface area contributed by atoms with Gasteiger partial charge in [0.2, 0.25) is 0 Å². The lowest BCUT2D eigenvalue weighted by Gasteiger charge is -2.30. The van der Waals surface area contributed by atoms with Gasteiger partial charge in [-0.05, 0) is 26.7 Å². The normalized spacial score (nSPS) is 36.2. The average Bonchev–Trinajstić information content (AvgIpc) is 2.06. The molecule has 4 heteroatoms. The topological polar surface area (TPSA) is 26.3 Å². The summed E-state index contributed by atoms with van der Waals surface area (Å²) < 4.78 is 5.53. The molecule has 2 nitrogen and oxygen atoms in total. The van der Waals surface area contributed by atoms with Crippen molar-refractivity contribution < 1.29 is 9.32 Å². The third-order valence-corrected chi connectivity index (χ3v) is 3.07. The Balaban J connectivity index is 2.67. The van der Waals surface area contributed by atoms with Gasteiger partial charge in [0.25, 0.3) is 0 Å². The second-order valence-corrected chi connectivity index (χ2v) is 4.83. The van der Waals surface area contributed by atoms with Gasteiger partial charge in [0.15, 0.2) is 5.78 Å². The van der Waals surface area contributed by atoms with Gasteiger partial charge in [-0.2, -0.15) is 0 Å². The Morgan fingerprint density at radius 2 is 2.15 bits per heavy atom. The minimum atomic E-state index is -0.846. The van der Waals surface area contributed by atoms with E-state index in [0.717, 1.165) is 0 Å². The summed E-state index contributed by atoms with van der Waals surface area (Å²) in [5.41, 5.74) is 0. The lowest BCUT2D eigenvalue weighted by Crippen LogP contribution is -2.32. The summed E-state index contributed by atoms with van der Waals surface area (Å²) in [5.74, 6) is 0.459. The number of allylic oxidation sites excluding steroid dienone is 1. The maximum absolute atomic E-state index is 11.3. The predicted molar refractivity (Wildman–Crippen MR) is 55.9 cm³/mol. The number of carbonyl (C=O) groups excluding carboxylic acids is 1. The minimum absolute atomic E-state index is 0.00816. The zero-order chi connectivity index (χ0) is 10.0. The second-order valence-electron chi connectivity index (χ2n) is 3.53. The van der Waals surface area contributed by atoms with Crippen molar-refractivity contribution in [3.63, 3.8) is 0 Å². The van der Waals surface area contributed by atoms with Crippen LogP contribution in [-0.4, -0.2) is 26.1 Å². The Morgan fingerprint density at radius 3 is 2.69 bits per heavy atom. The van der Waals surface area contributed by atoms with E-state index >= 15 is 0 Å². The van der Waals surface area contributed by atoms with Crippen molar-refractivity contribution in [1.29, 1.82) is 0 Å². The van der Waals surface area contributed by atoms with Gasteiger partial charge in [-0.25, -0.2) is 0 Å². The first kappa shape index (κ1) is 10.9. The lowest BCUT2D eigenvalue weighted by atomic mass is 9.83. The molecular formula is C9H14BO2P. The molecule has 0 aromatic carbocycles. The van der Waals surface area contributed by atoms with Crippen LogP contribution in [-0.2, 0) is 9.32 Å². The number of hydrogen-bond acceptors (Lipinski definition) is 2. The van der Waals surface area contributed by atoms with E-state index in [1.807, 2.05) is 26.6 Å². The molecule has 0 aliphatic heterocycles. The molecule has 4 unspecified atom stereocenters. The van der Waals surface area contributed by atoms with Gasteiger partial charge in [0, 0.05) is 5.92 Å². The molecule has 2 radical (unpaired) electrons. The van der Waals surface area contributed by atoms with E-state index in [-0.39, 0.29) is 23.7 Å². The van der Waals surface area contributed by atoms with Gasteiger partial charge in [-0.15, -0.1) is 0 Å². The third kappa shape index (κ3) is 2.65. The van der Waals surface area contributed by atoms with Crippen LogP contribution in [0.3, 0.4) is 0 Å². The maximum Gasteiger partial charge on any atom is 0.158 e. The van der Waals surface area contributed by atoms with E-state index in [1.165, 1.54) is 0 Å². The molecular weight excluding hydrogens is 182 g/mol. The molecule has 0 aromatic heterocycles. The summed E-state index contributed by atoms with van der Waals surface area (Å²) in [6, 6.07) is 0. The molecule has 70 valence electrons. The van der Waals surface area contributed by atoms with Crippen molar-refractivity contribution >= 4 is 21.4 Å². The molecule has 0 saturated carbocycles. The van der Waals surface area contributed by atoms with Crippen LogP contribution < -0.4 is 0 Å². The third-order valence-electron chi connectivity index (χ3n) is 2.49. The molecule has 0 N–H and O–H groups in total. The van der Waals surface area contributed by atoms with E-state index in [9.17, 15) is 4.79 Å². The van der Waals surface area contributed by atoms with Crippen LogP contribution in [0.2, 0.25) is 0 Å². The van der Waals surface area contributed by atoms with Gasteiger partial charge < -0.3 is 4.52 Å². The number of ketones is 1. The van der Waals surface area contributed by atoms with Crippen molar-refractivity contribution in [3.05, 3.63) is 12.2 Å². The van der Waals surface area contributed by atoms with E-state index in [0.29, 0.717) is 0 Å². The Bertz CT molecular complexity index is 228. The summed E-state index contributed by atoms with van der Waals surface area (Å²) >= 11 is 0. The lowest BCUT2D eigenvalue weighted by molar-refractivity contribution is -0.120. The number of rotatable bonds is 2. The first-order valence-electron chi connectivity index (χ1n) is 4.39. The van der Waals surface area contributed by atoms with Gasteiger partial charge in [-0.3, -0.25) is 4.79 Å². The zero-order valence-electron chi connectivity index (χ0n) is 8.23. The largest absolute Gasteiger partial charge is 0.363 e. The summed E-state index contributed by atoms with van der Waals surface area (Å²) in [4.78, 5) is 11.3. The summed E-state index contributed by atoms with van der Waals surface area (Å²) in [6.45, 7) is 5.81. The van der Waals surface area contributed by atoms with Crippen LogP contribution in [0, 0.1) is 11.8 Å². The number of carbonyl (C=O) groups is 1. The highest BCUT2D eigenvalue weighted by molar-refractivity contribution is 7.77. The Kier molecular flexibility index (Phi) is 3.69. The molecule has 0 saturated heterocycles. The highest BCUT2D eigenvalue weighted by Crippen LogP contribution is 2.34. The monoisotopic (exact) mass is 196 g/mol. The van der Waals surface area contributed by atoms with Crippen LogP contribution in [0.25, 0.3) is 0 Å². The Hall–Kier alpha value is -0.135. The smallest absolute Gasteiger partial charge is 0.158 e. The minimum Gasteiger partial charge on any atom is -0.363 e. The molecule has 0 heterocycles.